The first-order valence-corrected chi connectivity index (χ1v) is 8.31. The first-order valence-electron chi connectivity index (χ1n) is 8.31. The van der Waals surface area contributed by atoms with Gasteiger partial charge in [0.25, 0.3) is 5.91 Å². The molecular weight excluding hydrogens is 280 g/mol. The Labute approximate surface area is 131 Å². The molecule has 1 aliphatic carbocycles. The van der Waals surface area contributed by atoms with E-state index < -0.39 is 5.54 Å². The summed E-state index contributed by atoms with van der Waals surface area (Å²) < 4.78 is 0. The van der Waals surface area contributed by atoms with Crippen LogP contribution < -0.4 is 5.32 Å². The molecule has 22 heavy (non-hydrogen) atoms. The zero-order chi connectivity index (χ0) is 16.1. The van der Waals surface area contributed by atoms with E-state index in [9.17, 15) is 9.59 Å². The lowest BCUT2D eigenvalue weighted by molar-refractivity contribution is -0.131. The van der Waals surface area contributed by atoms with Crippen molar-refractivity contribution >= 4 is 17.8 Å². The molecular formula is C16H26N4O2. The number of nitrogens with zero attached hydrogens (tertiary/aromatic N) is 3. The quantitative estimate of drug-likeness (QED) is 0.839. The fourth-order valence-electron chi connectivity index (χ4n) is 4.28. The van der Waals surface area contributed by atoms with E-state index in [4.69, 9.17) is 4.99 Å². The van der Waals surface area contributed by atoms with Gasteiger partial charge in [0.05, 0.1) is 0 Å². The molecule has 3 atom stereocenters. The molecule has 3 rings (SSSR count). The predicted octanol–water partition coefficient (Wildman–Crippen LogP) is 1.47. The normalized spacial score (nSPS) is 33.9. The average molecular weight is 306 g/mol. The zero-order valence-electron chi connectivity index (χ0n) is 13.9. The summed E-state index contributed by atoms with van der Waals surface area (Å²) in [5.41, 5.74) is -0.600. The third kappa shape index (κ3) is 2.11. The van der Waals surface area contributed by atoms with E-state index in [1.54, 1.807) is 4.90 Å². The summed E-state index contributed by atoms with van der Waals surface area (Å²) in [6, 6.07) is 0.115. The zero-order valence-corrected chi connectivity index (χ0v) is 13.9. The largest absolute Gasteiger partial charge is 0.336 e. The number of carbonyl (C=O) groups excluding carboxylic acids is 2. The lowest BCUT2D eigenvalue weighted by Gasteiger charge is -2.27. The molecule has 3 aliphatic rings. The fraction of sp³-hybridized carbons (Fsp3) is 0.812. The number of likely N-dealkylation sites (tertiary alicyclic amines) is 1. The molecule has 122 valence electrons. The van der Waals surface area contributed by atoms with Crippen molar-refractivity contribution in [3.63, 3.8) is 0 Å². The summed E-state index contributed by atoms with van der Waals surface area (Å²) >= 11 is 0. The molecule has 0 aromatic heterocycles. The second kappa shape index (κ2) is 5.25. The van der Waals surface area contributed by atoms with E-state index in [1.807, 2.05) is 32.7 Å². The van der Waals surface area contributed by atoms with E-state index in [0.717, 1.165) is 31.6 Å². The summed E-state index contributed by atoms with van der Waals surface area (Å²) in [7, 11) is 1.82. The van der Waals surface area contributed by atoms with Crippen LogP contribution in [-0.2, 0) is 4.79 Å². The van der Waals surface area contributed by atoms with Crippen molar-refractivity contribution in [2.45, 2.75) is 51.6 Å². The number of fused-ring (bicyclic) bond motifs is 2. The summed E-state index contributed by atoms with van der Waals surface area (Å²) in [5.74, 6) is 1.58. The first-order chi connectivity index (χ1) is 10.4. The number of rotatable bonds is 2. The number of nitrogens with one attached hydrogen (secondary N) is 1. The van der Waals surface area contributed by atoms with E-state index in [0.29, 0.717) is 12.5 Å². The SMILES string of the molecule is CCC1=N[C@@]2(CC[C@@H]3CN(C(=O)NC(C)C)C[C@@H]32)C(=O)N1C. The Bertz CT molecular complexity index is 530. The molecule has 2 heterocycles. The maximum Gasteiger partial charge on any atom is 0.317 e. The van der Waals surface area contributed by atoms with Gasteiger partial charge in [-0.3, -0.25) is 9.79 Å². The van der Waals surface area contributed by atoms with Gasteiger partial charge in [-0.15, -0.1) is 0 Å². The summed E-state index contributed by atoms with van der Waals surface area (Å²) in [6.45, 7) is 7.35. The van der Waals surface area contributed by atoms with Gasteiger partial charge >= 0.3 is 6.03 Å². The van der Waals surface area contributed by atoms with Gasteiger partial charge in [0.2, 0.25) is 0 Å². The van der Waals surface area contributed by atoms with Gasteiger partial charge in [-0.1, -0.05) is 6.92 Å². The molecule has 1 N–H and O–H groups in total. The minimum Gasteiger partial charge on any atom is -0.336 e. The number of amidine groups is 1. The highest BCUT2D eigenvalue weighted by atomic mass is 16.2. The minimum absolute atomic E-state index is 0.0157. The number of amides is 3. The fourth-order valence-corrected chi connectivity index (χ4v) is 4.28. The van der Waals surface area contributed by atoms with Crippen molar-refractivity contribution < 1.29 is 9.59 Å². The third-order valence-corrected chi connectivity index (χ3v) is 5.36. The number of carbonyl (C=O) groups is 2. The number of likely N-dealkylation sites (N-methyl/N-ethyl adjacent to an activating group) is 1. The van der Waals surface area contributed by atoms with Crippen LogP contribution in [0.5, 0.6) is 0 Å². The predicted molar refractivity (Wildman–Crippen MR) is 84.7 cm³/mol. The van der Waals surface area contributed by atoms with Crippen molar-refractivity contribution in [1.29, 1.82) is 0 Å². The second-order valence-electron chi connectivity index (χ2n) is 7.08. The van der Waals surface area contributed by atoms with Gasteiger partial charge in [0, 0.05) is 38.5 Å². The Balaban J connectivity index is 1.80. The van der Waals surface area contributed by atoms with Crippen molar-refractivity contribution in [2.75, 3.05) is 20.1 Å². The van der Waals surface area contributed by atoms with Gasteiger partial charge in [0.15, 0.2) is 0 Å². The Morgan fingerprint density at radius 3 is 2.77 bits per heavy atom. The molecule has 2 fully saturated rings. The number of hydrogen-bond donors (Lipinski definition) is 1. The Morgan fingerprint density at radius 2 is 2.18 bits per heavy atom. The number of aliphatic imine (C=N–C) groups is 1. The molecule has 0 bridgehead atoms. The average Bonchev–Trinajstić information content (AvgIpc) is 3.08. The molecule has 6 nitrogen and oxygen atoms in total. The van der Waals surface area contributed by atoms with Crippen molar-refractivity contribution in [3.8, 4) is 0 Å². The molecule has 0 radical (unpaired) electrons. The lowest BCUT2D eigenvalue weighted by Crippen LogP contribution is -2.47. The molecule has 0 aromatic carbocycles. The van der Waals surface area contributed by atoms with Crippen LogP contribution in [0.3, 0.4) is 0 Å². The van der Waals surface area contributed by atoms with Crippen molar-refractivity contribution in [2.24, 2.45) is 16.8 Å². The van der Waals surface area contributed by atoms with Crippen LogP contribution >= 0.6 is 0 Å². The molecule has 0 unspecified atom stereocenters. The van der Waals surface area contributed by atoms with Crippen LogP contribution in [-0.4, -0.2) is 59.3 Å². The van der Waals surface area contributed by atoms with E-state index in [2.05, 4.69) is 5.32 Å². The van der Waals surface area contributed by atoms with Gasteiger partial charge in [-0.25, -0.2) is 4.79 Å². The molecule has 3 amide bonds. The molecule has 2 aliphatic heterocycles. The van der Waals surface area contributed by atoms with E-state index in [1.165, 1.54) is 0 Å². The highest BCUT2D eigenvalue weighted by Crippen LogP contribution is 2.50. The summed E-state index contributed by atoms with van der Waals surface area (Å²) in [6.07, 6.45) is 2.59. The molecule has 1 saturated heterocycles. The van der Waals surface area contributed by atoms with Crippen LogP contribution in [0.15, 0.2) is 4.99 Å². The minimum atomic E-state index is -0.600. The molecule has 1 spiro atoms. The third-order valence-electron chi connectivity index (χ3n) is 5.36. The van der Waals surface area contributed by atoms with Crippen molar-refractivity contribution in [3.05, 3.63) is 0 Å². The van der Waals surface area contributed by atoms with Crippen molar-refractivity contribution in [1.82, 2.24) is 15.1 Å². The maximum absolute atomic E-state index is 12.8. The number of hydrogen-bond acceptors (Lipinski definition) is 3. The van der Waals surface area contributed by atoms with Crippen LogP contribution in [0.25, 0.3) is 0 Å². The lowest BCUT2D eigenvalue weighted by atomic mass is 9.85. The van der Waals surface area contributed by atoms with E-state index in [-0.39, 0.29) is 23.9 Å². The Hall–Kier alpha value is -1.59. The highest BCUT2D eigenvalue weighted by molar-refractivity contribution is 6.08. The molecule has 0 aromatic rings. The number of urea groups is 1. The van der Waals surface area contributed by atoms with Crippen LogP contribution in [0.2, 0.25) is 0 Å². The standard InChI is InChI=1S/C16H26N4O2/c1-5-13-18-16(14(21)19(13)4)7-6-11-8-20(9-12(11)16)15(22)17-10(2)3/h10-12H,5-9H2,1-4H3,(H,17,22)/t11-,12+,16-/m1/s1. The Kier molecular flexibility index (Phi) is 3.65. The van der Waals surface area contributed by atoms with Gasteiger partial charge in [-0.05, 0) is 32.6 Å². The van der Waals surface area contributed by atoms with Gasteiger partial charge in [0.1, 0.15) is 11.4 Å². The van der Waals surface area contributed by atoms with Gasteiger partial charge in [-0.2, -0.15) is 0 Å². The summed E-state index contributed by atoms with van der Waals surface area (Å²) in [5, 5.41) is 2.95. The smallest absolute Gasteiger partial charge is 0.317 e. The molecule has 6 heteroatoms. The van der Waals surface area contributed by atoms with E-state index >= 15 is 0 Å². The topological polar surface area (TPSA) is 65.0 Å². The molecule has 1 saturated carbocycles. The van der Waals surface area contributed by atoms with Crippen LogP contribution in [0.1, 0.15) is 40.0 Å². The Morgan fingerprint density at radius 1 is 1.45 bits per heavy atom. The highest BCUT2D eigenvalue weighted by Gasteiger charge is 2.60. The van der Waals surface area contributed by atoms with Gasteiger partial charge < -0.3 is 15.1 Å². The summed E-state index contributed by atoms with van der Waals surface area (Å²) in [4.78, 5) is 33.4. The first kappa shape index (κ1) is 15.3. The van der Waals surface area contributed by atoms with Crippen LogP contribution in [0.4, 0.5) is 4.79 Å². The monoisotopic (exact) mass is 306 g/mol. The second-order valence-corrected chi connectivity index (χ2v) is 7.08. The van der Waals surface area contributed by atoms with Crippen LogP contribution in [0, 0.1) is 11.8 Å². The maximum atomic E-state index is 12.8.